The first-order valence-electron chi connectivity index (χ1n) is 7.57. The third-order valence-corrected chi connectivity index (χ3v) is 3.27. The minimum atomic E-state index is -0.548. The summed E-state index contributed by atoms with van der Waals surface area (Å²) < 4.78 is 5.06. The van der Waals surface area contributed by atoms with Crippen molar-refractivity contribution in [1.29, 1.82) is 0 Å². The quantitative estimate of drug-likeness (QED) is 0.811. The van der Waals surface area contributed by atoms with E-state index in [1.807, 2.05) is 27.7 Å². The second-order valence-corrected chi connectivity index (χ2v) is 6.06. The second-order valence-electron chi connectivity index (χ2n) is 6.06. The van der Waals surface area contributed by atoms with Crippen molar-refractivity contribution in [3.63, 3.8) is 0 Å². The predicted octanol–water partition coefficient (Wildman–Crippen LogP) is 2.22. The molecule has 0 bridgehead atoms. The maximum atomic E-state index is 12.3. The van der Waals surface area contributed by atoms with Gasteiger partial charge in [-0.2, -0.15) is 0 Å². The molecule has 0 saturated carbocycles. The molecule has 2 amide bonds. The molecule has 0 fully saturated rings. The van der Waals surface area contributed by atoms with Crippen molar-refractivity contribution in [3.05, 3.63) is 29.8 Å². The molecule has 1 rings (SSSR count). The average molecular weight is 306 g/mol. The Kier molecular flexibility index (Phi) is 6.89. The molecule has 1 aromatic rings. The Bertz CT molecular complexity index is 495. The fourth-order valence-electron chi connectivity index (χ4n) is 1.92. The monoisotopic (exact) mass is 306 g/mol. The van der Waals surface area contributed by atoms with Gasteiger partial charge in [0.1, 0.15) is 11.8 Å². The molecule has 122 valence electrons. The van der Waals surface area contributed by atoms with E-state index in [1.54, 1.807) is 31.4 Å². The third-order valence-electron chi connectivity index (χ3n) is 3.27. The second kappa shape index (κ2) is 8.41. The van der Waals surface area contributed by atoms with Gasteiger partial charge in [-0.3, -0.25) is 9.59 Å². The molecule has 0 aliphatic carbocycles. The van der Waals surface area contributed by atoms with E-state index in [2.05, 4.69) is 10.6 Å². The molecule has 0 heterocycles. The number of nitrogens with one attached hydrogen (secondary N) is 2. The Hall–Kier alpha value is -2.04. The Morgan fingerprint density at radius 1 is 1.09 bits per heavy atom. The lowest BCUT2D eigenvalue weighted by atomic mass is 10.0. The Morgan fingerprint density at radius 2 is 1.68 bits per heavy atom. The van der Waals surface area contributed by atoms with Crippen molar-refractivity contribution < 1.29 is 14.3 Å². The van der Waals surface area contributed by atoms with Gasteiger partial charge in [-0.15, -0.1) is 0 Å². The molecule has 0 spiro atoms. The van der Waals surface area contributed by atoms with Gasteiger partial charge in [0.2, 0.25) is 5.91 Å². The number of amides is 2. The van der Waals surface area contributed by atoms with Gasteiger partial charge >= 0.3 is 0 Å². The van der Waals surface area contributed by atoms with Gasteiger partial charge in [0.25, 0.3) is 5.91 Å². The number of methoxy groups -OCH3 is 1. The van der Waals surface area contributed by atoms with Gasteiger partial charge in [-0.05, 0) is 36.1 Å². The molecule has 0 aliphatic heterocycles. The molecular formula is C17H26N2O3. The van der Waals surface area contributed by atoms with Gasteiger partial charge in [0, 0.05) is 12.1 Å². The Morgan fingerprint density at radius 3 is 2.14 bits per heavy atom. The molecular weight excluding hydrogens is 280 g/mol. The normalized spacial score (nSPS) is 12.1. The molecule has 0 radical (unpaired) electrons. The van der Waals surface area contributed by atoms with Crippen LogP contribution in [0.25, 0.3) is 0 Å². The molecule has 1 atom stereocenters. The van der Waals surface area contributed by atoms with Crippen LogP contribution < -0.4 is 15.4 Å². The fraction of sp³-hybridized carbons (Fsp3) is 0.529. The number of rotatable bonds is 7. The van der Waals surface area contributed by atoms with Crippen molar-refractivity contribution in [3.8, 4) is 5.75 Å². The van der Waals surface area contributed by atoms with Crippen LogP contribution in [0.15, 0.2) is 24.3 Å². The zero-order valence-electron chi connectivity index (χ0n) is 14.0. The van der Waals surface area contributed by atoms with Gasteiger partial charge in [0.15, 0.2) is 0 Å². The van der Waals surface area contributed by atoms with Crippen LogP contribution in [-0.2, 0) is 4.79 Å². The number of hydrogen-bond donors (Lipinski definition) is 2. The predicted molar refractivity (Wildman–Crippen MR) is 86.9 cm³/mol. The van der Waals surface area contributed by atoms with Crippen LogP contribution in [0, 0.1) is 11.8 Å². The SMILES string of the molecule is COc1ccc(C(=O)N[C@@H](C(=O)NCC(C)C)C(C)C)cc1. The molecule has 0 unspecified atom stereocenters. The molecule has 1 aromatic carbocycles. The maximum Gasteiger partial charge on any atom is 0.251 e. The highest BCUT2D eigenvalue weighted by atomic mass is 16.5. The van der Waals surface area contributed by atoms with E-state index in [0.717, 1.165) is 0 Å². The summed E-state index contributed by atoms with van der Waals surface area (Å²) >= 11 is 0. The first-order valence-corrected chi connectivity index (χ1v) is 7.57. The van der Waals surface area contributed by atoms with E-state index >= 15 is 0 Å². The molecule has 0 aliphatic rings. The van der Waals surface area contributed by atoms with Crippen molar-refractivity contribution >= 4 is 11.8 Å². The molecule has 0 aromatic heterocycles. The zero-order valence-corrected chi connectivity index (χ0v) is 14.0. The zero-order chi connectivity index (χ0) is 16.7. The summed E-state index contributed by atoms with van der Waals surface area (Å²) in [6.45, 7) is 8.48. The summed E-state index contributed by atoms with van der Waals surface area (Å²) in [6.07, 6.45) is 0. The van der Waals surface area contributed by atoms with E-state index in [9.17, 15) is 9.59 Å². The van der Waals surface area contributed by atoms with Gasteiger partial charge in [0.05, 0.1) is 7.11 Å². The lowest BCUT2D eigenvalue weighted by Gasteiger charge is -2.22. The summed E-state index contributed by atoms with van der Waals surface area (Å²) in [4.78, 5) is 24.5. The van der Waals surface area contributed by atoms with Crippen LogP contribution in [0.1, 0.15) is 38.1 Å². The van der Waals surface area contributed by atoms with Crippen LogP contribution in [0.4, 0.5) is 0 Å². The van der Waals surface area contributed by atoms with Crippen LogP contribution in [0.3, 0.4) is 0 Å². The Balaban J connectivity index is 2.72. The summed E-state index contributed by atoms with van der Waals surface area (Å²) in [5.41, 5.74) is 0.503. The first kappa shape index (κ1) is 18.0. The lowest BCUT2D eigenvalue weighted by Crippen LogP contribution is -2.50. The van der Waals surface area contributed by atoms with E-state index in [4.69, 9.17) is 4.74 Å². The molecule has 0 saturated heterocycles. The standard InChI is InChI=1S/C17H26N2O3/c1-11(2)10-18-17(21)15(12(3)4)19-16(20)13-6-8-14(22-5)9-7-13/h6-9,11-12,15H,10H2,1-5H3,(H,18,21)(H,19,20)/t15-/m1/s1. The van der Waals surface area contributed by atoms with Crippen molar-refractivity contribution in [2.24, 2.45) is 11.8 Å². The van der Waals surface area contributed by atoms with E-state index in [0.29, 0.717) is 23.8 Å². The van der Waals surface area contributed by atoms with Crippen molar-refractivity contribution in [1.82, 2.24) is 10.6 Å². The summed E-state index contributed by atoms with van der Waals surface area (Å²) in [6, 6.07) is 6.25. The van der Waals surface area contributed by atoms with Crippen molar-refractivity contribution in [2.75, 3.05) is 13.7 Å². The summed E-state index contributed by atoms with van der Waals surface area (Å²) in [5, 5.41) is 5.67. The number of hydrogen-bond acceptors (Lipinski definition) is 3. The van der Waals surface area contributed by atoms with Gasteiger partial charge in [-0.25, -0.2) is 0 Å². The maximum absolute atomic E-state index is 12.3. The number of carbonyl (C=O) groups excluding carboxylic acids is 2. The van der Waals surface area contributed by atoms with Crippen LogP contribution in [0.5, 0.6) is 5.75 Å². The van der Waals surface area contributed by atoms with E-state index < -0.39 is 6.04 Å². The third kappa shape index (κ3) is 5.39. The highest BCUT2D eigenvalue weighted by Gasteiger charge is 2.24. The average Bonchev–Trinajstić information content (AvgIpc) is 2.49. The fourth-order valence-corrected chi connectivity index (χ4v) is 1.92. The minimum absolute atomic E-state index is 0.00867. The number of ether oxygens (including phenoxy) is 1. The van der Waals surface area contributed by atoms with Gasteiger partial charge in [-0.1, -0.05) is 27.7 Å². The Labute approximate surface area is 132 Å². The van der Waals surface area contributed by atoms with Crippen molar-refractivity contribution in [2.45, 2.75) is 33.7 Å². The lowest BCUT2D eigenvalue weighted by molar-refractivity contribution is -0.124. The summed E-state index contributed by atoms with van der Waals surface area (Å²) in [5.74, 6) is 0.654. The van der Waals surface area contributed by atoms with Crippen LogP contribution in [-0.4, -0.2) is 31.5 Å². The largest absolute Gasteiger partial charge is 0.497 e. The summed E-state index contributed by atoms with van der Waals surface area (Å²) in [7, 11) is 1.57. The van der Waals surface area contributed by atoms with Crippen LogP contribution in [0.2, 0.25) is 0 Å². The molecule has 5 nitrogen and oxygen atoms in total. The number of benzene rings is 1. The molecule has 5 heteroatoms. The van der Waals surface area contributed by atoms with Gasteiger partial charge < -0.3 is 15.4 Å². The topological polar surface area (TPSA) is 67.4 Å². The van der Waals surface area contributed by atoms with E-state index in [1.165, 1.54) is 0 Å². The van der Waals surface area contributed by atoms with E-state index in [-0.39, 0.29) is 17.7 Å². The highest BCUT2D eigenvalue weighted by Crippen LogP contribution is 2.12. The molecule has 2 N–H and O–H groups in total. The smallest absolute Gasteiger partial charge is 0.251 e. The highest BCUT2D eigenvalue weighted by molar-refractivity contribution is 5.97. The first-order chi connectivity index (χ1) is 10.3. The minimum Gasteiger partial charge on any atom is -0.497 e. The van der Waals surface area contributed by atoms with Crippen LogP contribution >= 0.6 is 0 Å². The number of carbonyl (C=O) groups is 2. The molecule has 22 heavy (non-hydrogen) atoms.